The summed E-state index contributed by atoms with van der Waals surface area (Å²) in [6.07, 6.45) is -2.30. The van der Waals surface area contributed by atoms with Crippen molar-refractivity contribution in [1.29, 1.82) is 0 Å². The van der Waals surface area contributed by atoms with Crippen LogP contribution in [0.4, 0.5) is 22.0 Å². The van der Waals surface area contributed by atoms with Crippen LogP contribution < -0.4 is 0 Å². The number of rotatable bonds is 3. The van der Waals surface area contributed by atoms with Gasteiger partial charge >= 0.3 is 6.18 Å². The standard InChI is InChI=1S/C13H14F5IN2/c14-12(15,8-21-5-3-10(19)4-6-21)9-1-2-11(20-7-9)13(16,17)18/h1-2,7,10H,3-6,8H2. The predicted octanol–water partition coefficient (Wildman–Crippen LogP) is 4.09. The zero-order chi connectivity index (χ0) is 15.7. The highest BCUT2D eigenvalue weighted by Gasteiger charge is 2.37. The molecule has 21 heavy (non-hydrogen) atoms. The Morgan fingerprint density at radius 1 is 1.14 bits per heavy atom. The molecular weight excluding hydrogens is 406 g/mol. The van der Waals surface area contributed by atoms with Crippen LogP contribution in [0.2, 0.25) is 0 Å². The maximum absolute atomic E-state index is 14.1. The Labute approximate surface area is 132 Å². The third-order valence-corrected chi connectivity index (χ3v) is 4.66. The first-order valence-corrected chi connectivity index (χ1v) is 7.71. The third-order valence-electron chi connectivity index (χ3n) is 3.42. The number of hydrogen-bond acceptors (Lipinski definition) is 2. The summed E-state index contributed by atoms with van der Waals surface area (Å²) in [5.74, 6) is -3.20. The molecule has 118 valence electrons. The van der Waals surface area contributed by atoms with E-state index >= 15 is 0 Å². The molecule has 8 heteroatoms. The first-order valence-electron chi connectivity index (χ1n) is 6.46. The van der Waals surface area contributed by atoms with Crippen LogP contribution in [-0.2, 0) is 12.1 Å². The van der Waals surface area contributed by atoms with Crippen molar-refractivity contribution in [3.63, 3.8) is 0 Å². The van der Waals surface area contributed by atoms with Crippen LogP contribution in [0.5, 0.6) is 0 Å². The van der Waals surface area contributed by atoms with E-state index in [4.69, 9.17) is 0 Å². The van der Waals surface area contributed by atoms with Gasteiger partial charge in [-0.2, -0.15) is 22.0 Å². The molecule has 1 fully saturated rings. The molecule has 0 atom stereocenters. The SMILES string of the molecule is FC(F)(F)c1ccc(C(F)(F)CN2CCC(I)CC2)cn1. The molecule has 2 nitrogen and oxygen atoms in total. The Balaban J connectivity index is 2.05. The Kier molecular flexibility index (Phi) is 5.07. The van der Waals surface area contributed by atoms with E-state index in [0.717, 1.165) is 18.9 Å². The van der Waals surface area contributed by atoms with Crippen molar-refractivity contribution in [3.05, 3.63) is 29.6 Å². The lowest BCUT2D eigenvalue weighted by Gasteiger charge is -2.32. The summed E-state index contributed by atoms with van der Waals surface area (Å²) >= 11 is 2.30. The average molecular weight is 420 g/mol. The number of aromatic nitrogens is 1. The molecule has 2 heterocycles. The van der Waals surface area contributed by atoms with Crippen LogP contribution in [-0.4, -0.2) is 33.4 Å². The molecule has 0 unspecified atom stereocenters. The van der Waals surface area contributed by atoms with Gasteiger partial charge in [-0.3, -0.25) is 9.88 Å². The average Bonchev–Trinajstić information content (AvgIpc) is 2.40. The number of nitrogens with zero attached hydrogens (tertiary/aromatic N) is 2. The van der Waals surface area contributed by atoms with E-state index in [1.165, 1.54) is 0 Å². The molecule has 1 aliphatic heterocycles. The summed E-state index contributed by atoms with van der Waals surface area (Å²) in [6.45, 7) is 0.678. The van der Waals surface area contributed by atoms with Gasteiger partial charge in [0.25, 0.3) is 5.92 Å². The van der Waals surface area contributed by atoms with E-state index in [1.54, 1.807) is 4.90 Å². The van der Waals surface area contributed by atoms with Crippen LogP contribution in [0.25, 0.3) is 0 Å². The van der Waals surface area contributed by atoms with Gasteiger partial charge in [0, 0.05) is 15.7 Å². The first-order chi connectivity index (χ1) is 9.68. The molecule has 0 spiro atoms. The fourth-order valence-corrected chi connectivity index (χ4v) is 2.77. The van der Waals surface area contributed by atoms with Crippen molar-refractivity contribution >= 4 is 22.6 Å². The smallest absolute Gasteiger partial charge is 0.297 e. The van der Waals surface area contributed by atoms with Crippen LogP contribution in [0, 0.1) is 0 Å². The molecule has 0 N–H and O–H groups in total. The van der Waals surface area contributed by atoms with Gasteiger partial charge in [0.2, 0.25) is 0 Å². The highest BCUT2D eigenvalue weighted by Crippen LogP contribution is 2.33. The molecule has 0 aliphatic carbocycles. The van der Waals surface area contributed by atoms with Crippen LogP contribution in [0.1, 0.15) is 24.1 Å². The third kappa shape index (κ3) is 4.48. The fraction of sp³-hybridized carbons (Fsp3) is 0.615. The van der Waals surface area contributed by atoms with Crippen LogP contribution in [0.3, 0.4) is 0 Å². The topological polar surface area (TPSA) is 16.1 Å². The van der Waals surface area contributed by atoms with Gasteiger partial charge in [-0.15, -0.1) is 0 Å². The van der Waals surface area contributed by atoms with Crippen molar-refractivity contribution in [2.45, 2.75) is 28.9 Å². The van der Waals surface area contributed by atoms with E-state index in [2.05, 4.69) is 27.6 Å². The zero-order valence-corrected chi connectivity index (χ0v) is 13.2. The zero-order valence-electron chi connectivity index (χ0n) is 11.0. The number of hydrogen-bond donors (Lipinski definition) is 0. The van der Waals surface area contributed by atoms with E-state index in [-0.39, 0.29) is 0 Å². The van der Waals surface area contributed by atoms with Crippen LogP contribution >= 0.6 is 22.6 Å². The van der Waals surface area contributed by atoms with Gasteiger partial charge in [0.15, 0.2) is 0 Å². The lowest BCUT2D eigenvalue weighted by atomic mass is 10.1. The van der Waals surface area contributed by atoms with Gasteiger partial charge < -0.3 is 0 Å². The molecule has 1 aromatic rings. The van der Waals surface area contributed by atoms with Gasteiger partial charge in [0.05, 0.1) is 6.54 Å². The lowest BCUT2D eigenvalue weighted by Crippen LogP contribution is -2.40. The number of piperidine rings is 1. The van der Waals surface area contributed by atoms with E-state index in [1.807, 2.05) is 0 Å². The minimum Gasteiger partial charge on any atom is -0.297 e. The number of pyridine rings is 1. The molecule has 1 aromatic heterocycles. The first kappa shape index (κ1) is 16.9. The van der Waals surface area contributed by atoms with Gasteiger partial charge in [-0.1, -0.05) is 22.6 Å². The molecule has 0 amide bonds. The molecule has 0 radical (unpaired) electrons. The molecule has 1 aliphatic rings. The predicted molar refractivity (Wildman–Crippen MR) is 76.6 cm³/mol. The number of halogens is 6. The number of likely N-dealkylation sites (tertiary alicyclic amines) is 1. The Morgan fingerprint density at radius 3 is 2.24 bits per heavy atom. The molecular formula is C13H14F5IN2. The van der Waals surface area contributed by atoms with E-state index in [9.17, 15) is 22.0 Å². The number of alkyl halides is 6. The maximum Gasteiger partial charge on any atom is 0.433 e. The van der Waals surface area contributed by atoms with Crippen molar-refractivity contribution in [1.82, 2.24) is 9.88 Å². The summed E-state index contributed by atoms with van der Waals surface area (Å²) in [6, 6.07) is 1.40. The van der Waals surface area contributed by atoms with E-state index < -0.39 is 29.9 Å². The van der Waals surface area contributed by atoms with E-state index in [0.29, 0.717) is 29.3 Å². The summed E-state index contributed by atoms with van der Waals surface area (Å²) < 4.78 is 65.8. The molecule has 0 bridgehead atoms. The summed E-state index contributed by atoms with van der Waals surface area (Å²) in [7, 11) is 0. The highest BCUT2D eigenvalue weighted by molar-refractivity contribution is 14.1. The van der Waals surface area contributed by atoms with Gasteiger partial charge in [-0.05, 0) is 38.1 Å². The van der Waals surface area contributed by atoms with Gasteiger partial charge in [0.1, 0.15) is 5.69 Å². The highest BCUT2D eigenvalue weighted by atomic mass is 127. The second kappa shape index (κ2) is 6.31. The fourth-order valence-electron chi connectivity index (χ4n) is 2.21. The van der Waals surface area contributed by atoms with Crippen molar-refractivity contribution in [2.75, 3.05) is 19.6 Å². The Hall–Kier alpha value is -0.510. The normalized spacial score (nSPS) is 19.0. The summed E-state index contributed by atoms with van der Waals surface area (Å²) in [5.41, 5.74) is -1.64. The lowest BCUT2D eigenvalue weighted by molar-refractivity contribution is -0.141. The summed E-state index contributed by atoms with van der Waals surface area (Å²) in [5, 5.41) is 0. The molecule has 2 rings (SSSR count). The Bertz CT molecular complexity index is 466. The Morgan fingerprint density at radius 2 is 1.76 bits per heavy atom. The second-order valence-electron chi connectivity index (χ2n) is 5.09. The summed E-state index contributed by atoms with van der Waals surface area (Å²) in [4.78, 5) is 4.74. The largest absolute Gasteiger partial charge is 0.433 e. The van der Waals surface area contributed by atoms with Crippen LogP contribution in [0.15, 0.2) is 18.3 Å². The molecule has 0 saturated carbocycles. The maximum atomic E-state index is 14.1. The second-order valence-corrected chi connectivity index (χ2v) is 6.85. The molecule has 0 aromatic carbocycles. The monoisotopic (exact) mass is 420 g/mol. The molecule has 1 saturated heterocycles. The van der Waals surface area contributed by atoms with Crippen molar-refractivity contribution in [3.8, 4) is 0 Å². The quantitative estimate of drug-likeness (QED) is 0.416. The van der Waals surface area contributed by atoms with Gasteiger partial charge in [-0.25, -0.2) is 0 Å². The minimum atomic E-state index is -4.62. The van der Waals surface area contributed by atoms with Crippen molar-refractivity contribution in [2.24, 2.45) is 0 Å². The minimum absolute atomic E-state index is 0.480. The van der Waals surface area contributed by atoms with Crippen molar-refractivity contribution < 1.29 is 22.0 Å².